The van der Waals surface area contributed by atoms with Gasteiger partial charge in [-0.2, -0.15) is 11.8 Å². The third-order valence-corrected chi connectivity index (χ3v) is 18.2. The van der Waals surface area contributed by atoms with Crippen LogP contribution in [-0.2, 0) is 49.6 Å². The molecular weight excluding hydrogens is 1360 g/mol. The van der Waals surface area contributed by atoms with Crippen molar-refractivity contribution in [1.29, 1.82) is 0 Å². The number of carbonyl (C=O) groups is 9. The van der Waals surface area contributed by atoms with E-state index in [2.05, 4.69) is 60.6 Å². The summed E-state index contributed by atoms with van der Waals surface area (Å²) >= 11 is 3.53. The molecule has 0 bridgehead atoms. The van der Waals surface area contributed by atoms with Gasteiger partial charge < -0.3 is 56.2 Å². The number of nitrogens with zero attached hydrogens (tertiary/aromatic N) is 8. The Bertz CT molecular complexity index is 2880. The Labute approximate surface area is 566 Å². The Balaban J connectivity index is 1.07. The van der Waals surface area contributed by atoms with Gasteiger partial charge in [0.15, 0.2) is 0 Å². The monoisotopic (exact) mass is 1450 g/mol. The van der Waals surface area contributed by atoms with E-state index in [1.54, 1.807) is 55.7 Å². The van der Waals surface area contributed by atoms with Gasteiger partial charge in [-0.3, -0.25) is 72.7 Å². The largest absolute Gasteiger partial charge is 0.494 e. The number of carboxylic acid groups (broad SMARTS) is 3. The van der Waals surface area contributed by atoms with E-state index in [1.807, 2.05) is 24.3 Å². The normalized spacial score (nSPS) is 18.1. The number of ether oxygens (including phenoxy) is 1. The topological polar surface area (TPSA) is 336 Å². The molecule has 3 aliphatic heterocycles. The number of aliphatic carboxylic acids is 3. The fraction of sp³-hybridized carbons (Fsp3) is 0.609. The zero-order valence-electron chi connectivity index (χ0n) is 53.8. The number of benzene rings is 2. The van der Waals surface area contributed by atoms with Gasteiger partial charge >= 0.3 is 17.9 Å². The number of aryl methyl sites for hydroxylation is 1. The molecule has 26 nitrogen and oxygen atoms in total. The van der Waals surface area contributed by atoms with Crippen molar-refractivity contribution in [3.63, 3.8) is 0 Å². The lowest BCUT2D eigenvalue weighted by Crippen LogP contribution is -2.52. The molecule has 0 aliphatic carbocycles. The van der Waals surface area contributed by atoms with Crippen LogP contribution in [-0.4, -0.2) is 283 Å². The molecule has 94 heavy (non-hydrogen) atoms. The number of halogens is 3. The third kappa shape index (κ3) is 28.7. The Hall–Kier alpha value is -6.71. The van der Waals surface area contributed by atoms with Gasteiger partial charge in [0, 0.05) is 131 Å². The van der Waals surface area contributed by atoms with Crippen molar-refractivity contribution >= 4 is 112 Å². The van der Waals surface area contributed by atoms with Crippen molar-refractivity contribution in [3.05, 3.63) is 63.2 Å². The highest BCUT2D eigenvalue weighted by atomic mass is 127. The Morgan fingerprint density at radius 1 is 0.777 bits per heavy atom. The number of carboxylic acids is 3. The zero-order chi connectivity index (χ0) is 68.6. The molecule has 3 aliphatic rings. The summed E-state index contributed by atoms with van der Waals surface area (Å²) in [6.45, 7) is 6.23. The number of alkyl halides is 2. The van der Waals surface area contributed by atoms with E-state index < -0.39 is 85.2 Å². The number of piperidine rings is 1. The third-order valence-electron chi connectivity index (χ3n) is 16.4. The Morgan fingerprint density at radius 2 is 1.38 bits per heavy atom. The van der Waals surface area contributed by atoms with Crippen LogP contribution in [0.15, 0.2) is 58.5 Å². The number of allylic oxidation sites excluding steroid dienone is 1. The maximum absolute atomic E-state index is 14.2. The molecule has 0 spiro atoms. The summed E-state index contributed by atoms with van der Waals surface area (Å²) in [5.74, 6) is -7.84. The lowest BCUT2D eigenvalue weighted by molar-refractivity contribution is -0.140. The van der Waals surface area contributed by atoms with Gasteiger partial charge in [0.25, 0.3) is 17.7 Å². The average Bonchev–Trinajstić information content (AvgIpc) is 1.55. The van der Waals surface area contributed by atoms with E-state index >= 15 is 0 Å². The molecule has 0 radical (unpaired) electrons. The summed E-state index contributed by atoms with van der Waals surface area (Å²) in [7, 11) is 1.44. The van der Waals surface area contributed by atoms with Crippen LogP contribution in [0.4, 0.5) is 14.5 Å². The van der Waals surface area contributed by atoms with E-state index in [4.69, 9.17) is 4.74 Å². The molecule has 520 valence electrons. The van der Waals surface area contributed by atoms with Crippen molar-refractivity contribution in [2.45, 2.75) is 102 Å². The molecule has 1 unspecified atom stereocenters. The predicted molar refractivity (Wildman–Crippen MR) is 362 cm³/mol. The van der Waals surface area contributed by atoms with Crippen LogP contribution in [0.3, 0.4) is 0 Å². The molecule has 6 amide bonds. The molecule has 3 fully saturated rings. The van der Waals surface area contributed by atoms with Crippen molar-refractivity contribution in [3.8, 4) is 5.75 Å². The number of rotatable bonds is 36. The summed E-state index contributed by atoms with van der Waals surface area (Å²) < 4.78 is 35.5. The van der Waals surface area contributed by atoms with Gasteiger partial charge in [-0.25, -0.2) is 8.78 Å². The highest BCUT2D eigenvalue weighted by Crippen LogP contribution is 2.33. The second kappa shape index (κ2) is 41.3. The van der Waals surface area contributed by atoms with Crippen LogP contribution in [0.1, 0.15) is 82.3 Å². The molecule has 3 atom stereocenters. The van der Waals surface area contributed by atoms with Crippen LogP contribution < -0.4 is 26.0 Å². The first-order valence-corrected chi connectivity index (χ1v) is 34.1. The number of carbonyl (C=O) groups excluding carboxylic acids is 6. The molecule has 0 saturated carbocycles. The number of nitrogens with one attached hydrogen (secondary N) is 4. The molecule has 5 rings (SSSR count). The zero-order valence-corrected chi connectivity index (χ0v) is 56.8. The quantitative estimate of drug-likeness (QED) is 0.0210. The van der Waals surface area contributed by atoms with E-state index in [9.17, 15) is 72.4 Å². The first-order valence-electron chi connectivity index (χ1n) is 31.9. The number of likely N-dealkylation sites (tertiary alicyclic amines) is 2. The molecule has 3 heterocycles. The molecule has 0 aromatic heterocycles. The van der Waals surface area contributed by atoms with Crippen molar-refractivity contribution in [1.82, 2.24) is 50.7 Å². The minimum Gasteiger partial charge on any atom is -0.494 e. The number of hydrogen-bond donors (Lipinski definition) is 8. The molecular formula is C64H93F2IN12O14S. The molecule has 30 heteroatoms. The van der Waals surface area contributed by atoms with E-state index in [0.717, 1.165) is 39.7 Å². The minimum atomic E-state index is -3.07. The number of unbranched alkanes of at least 4 members (excludes halogenated alkanes) is 1. The van der Waals surface area contributed by atoms with E-state index in [1.165, 1.54) is 25.0 Å². The fourth-order valence-electron chi connectivity index (χ4n) is 11.4. The lowest BCUT2D eigenvalue weighted by Gasteiger charge is -2.33. The SMILES string of the molecule is C=Nc1ccc(OCCCC2CCN(C(=O)[C@H](O)CSCCNC(=O)C(CCCCNC(=O)CCCc3ccc(I)cc3)NC(=O)CN3CCN(CC(=O)O)CCN(CC(=O)O)CCN(CC(=O)O)CC3)CC2)cc1/C(=C\C)C(=O)NCC(=O)N1CC(F)(F)C[C@@H]1C=NC. The van der Waals surface area contributed by atoms with E-state index in [0.29, 0.717) is 87.0 Å². The van der Waals surface area contributed by atoms with Gasteiger partial charge in [-0.05, 0) is 136 Å². The van der Waals surface area contributed by atoms with Gasteiger partial charge in [0.2, 0.25) is 23.6 Å². The number of hydrogen-bond acceptors (Lipinski definition) is 18. The molecule has 8 N–H and O–H groups in total. The second-order valence-corrected chi connectivity index (χ2v) is 26.0. The van der Waals surface area contributed by atoms with Gasteiger partial charge in [-0.1, -0.05) is 18.2 Å². The Kier molecular flexibility index (Phi) is 34.3. The van der Waals surface area contributed by atoms with Crippen molar-refractivity contribution in [2.24, 2.45) is 15.9 Å². The van der Waals surface area contributed by atoms with Gasteiger partial charge in [-0.15, -0.1) is 0 Å². The first-order chi connectivity index (χ1) is 44.9. The lowest BCUT2D eigenvalue weighted by atomic mass is 9.92. The standard InChI is InChI=1S/C64H93F2IN12O14S/c1-4-50(61(90)72-38-57(83)79-44-64(65,66)36-48(79)37-68-2)51-35-49(17-18-52(51)69-3)93-33-8-10-46-19-23-78(24-20-46)63(92)54(80)43-94-34-22-71-62(91)53(11-5-6-21-70-55(81)12-7-9-45-13-15-47(67)16-14-45)73-56(82)39-74-25-27-75(40-58(84)85)29-31-77(42-60(88)89)32-30-76(28-26-74)41-59(86)87/h4,13-18,35,37,46,48,53-54,80H,3,5-12,19-34,36,38-44H2,1-2H3,(H,70,81)(H,71,91)(H,72,90)(H,73,82)(H,84,85)(H,86,87)(H,88,89)/b50-4+,68-37?/t48-,53?,54-/m1/s1. The predicted octanol–water partition coefficient (Wildman–Crippen LogP) is 2.96. The van der Waals surface area contributed by atoms with Crippen LogP contribution in [0.25, 0.3) is 5.57 Å². The maximum Gasteiger partial charge on any atom is 0.317 e. The smallest absolute Gasteiger partial charge is 0.317 e. The summed E-state index contributed by atoms with van der Waals surface area (Å²) in [5.41, 5.74) is 2.13. The maximum atomic E-state index is 14.2. The number of thioether (sulfide) groups is 1. The summed E-state index contributed by atoms with van der Waals surface area (Å²) in [5, 5.41) is 51.1. The van der Waals surface area contributed by atoms with Crippen molar-refractivity contribution < 1.29 is 77.1 Å². The fourth-order valence-corrected chi connectivity index (χ4v) is 12.5. The summed E-state index contributed by atoms with van der Waals surface area (Å²) in [6.07, 6.45) is 6.98. The van der Waals surface area contributed by atoms with Crippen LogP contribution in [0.5, 0.6) is 5.75 Å². The van der Waals surface area contributed by atoms with Crippen LogP contribution in [0, 0.1) is 9.49 Å². The molecule has 3 saturated heterocycles. The molecule has 2 aromatic rings. The Morgan fingerprint density at radius 3 is 1.96 bits per heavy atom. The highest BCUT2D eigenvalue weighted by molar-refractivity contribution is 14.1. The van der Waals surface area contributed by atoms with Gasteiger partial charge in [0.05, 0.1) is 57.6 Å². The molecule has 2 aromatic carbocycles. The van der Waals surface area contributed by atoms with Crippen molar-refractivity contribution in [2.75, 3.05) is 143 Å². The first kappa shape index (κ1) is 78.0. The van der Waals surface area contributed by atoms with Crippen LogP contribution in [0.2, 0.25) is 0 Å². The average molecular weight is 1450 g/mol. The number of aliphatic hydroxyl groups is 1. The van der Waals surface area contributed by atoms with Gasteiger partial charge in [0.1, 0.15) is 17.9 Å². The second-order valence-electron chi connectivity index (χ2n) is 23.7. The minimum absolute atomic E-state index is 0.0806. The number of aliphatic hydroxyl groups excluding tert-OH is 1. The highest BCUT2D eigenvalue weighted by Gasteiger charge is 2.46. The summed E-state index contributed by atoms with van der Waals surface area (Å²) in [4.78, 5) is 133. The van der Waals surface area contributed by atoms with E-state index in [-0.39, 0.29) is 115 Å². The summed E-state index contributed by atoms with van der Waals surface area (Å²) in [6, 6.07) is 11.3. The van der Waals surface area contributed by atoms with Crippen LogP contribution >= 0.6 is 34.4 Å². The number of amides is 6. The number of aliphatic imine (C=N–C) groups is 2.